The Kier molecular flexibility index (Phi) is 4.43. The molecule has 0 fully saturated rings. The second-order valence-electron chi connectivity index (χ2n) is 5.73. The van der Waals surface area contributed by atoms with E-state index in [1.807, 2.05) is 35.9 Å². The molecule has 0 unspecified atom stereocenters. The molecular weight excluding hydrogens is 320 g/mol. The Bertz CT molecular complexity index is 959. The summed E-state index contributed by atoms with van der Waals surface area (Å²) in [5.74, 6) is -0.747. The van der Waals surface area contributed by atoms with Crippen LogP contribution in [0, 0.1) is 0 Å². The number of rotatable bonds is 5. The van der Waals surface area contributed by atoms with Crippen molar-refractivity contribution < 1.29 is 19.4 Å². The van der Waals surface area contributed by atoms with E-state index in [9.17, 15) is 9.59 Å². The Morgan fingerprint density at radius 2 is 1.96 bits per heavy atom. The van der Waals surface area contributed by atoms with Crippen LogP contribution >= 0.6 is 0 Å². The zero-order chi connectivity index (χ0) is 18.0. The number of nitrogens with one attached hydrogen (secondary N) is 1. The molecule has 0 atom stereocenters. The maximum atomic E-state index is 12.7. The molecule has 1 aromatic heterocycles. The first kappa shape index (κ1) is 16.6. The van der Waals surface area contributed by atoms with Crippen molar-refractivity contribution in [2.75, 3.05) is 12.4 Å². The molecule has 0 bridgehead atoms. The predicted octanol–water partition coefficient (Wildman–Crippen LogP) is 3.07. The van der Waals surface area contributed by atoms with Gasteiger partial charge in [-0.3, -0.25) is 9.59 Å². The molecule has 1 heterocycles. The molecule has 0 saturated carbocycles. The SMILES string of the molecule is COc1cc(CC(=O)O)ccc1NC(=O)c1cn(C)c2ccccc12. The van der Waals surface area contributed by atoms with Crippen LogP contribution in [0.15, 0.2) is 48.7 Å². The molecule has 0 aliphatic carbocycles. The summed E-state index contributed by atoms with van der Waals surface area (Å²) < 4.78 is 7.18. The zero-order valence-corrected chi connectivity index (χ0v) is 13.9. The Hall–Kier alpha value is -3.28. The summed E-state index contributed by atoms with van der Waals surface area (Å²) in [6.45, 7) is 0. The highest BCUT2D eigenvalue weighted by Crippen LogP contribution is 2.28. The highest BCUT2D eigenvalue weighted by Gasteiger charge is 2.16. The number of carboxylic acids is 1. The topological polar surface area (TPSA) is 80.6 Å². The number of carboxylic acid groups (broad SMARTS) is 1. The molecule has 128 valence electrons. The lowest BCUT2D eigenvalue weighted by atomic mass is 10.1. The fourth-order valence-electron chi connectivity index (χ4n) is 2.84. The van der Waals surface area contributed by atoms with Gasteiger partial charge in [-0.2, -0.15) is 0 Å². The average molecular weight is 338 g/mol. The third kappa shape index (κ3) is 3.33. The van der Waals surface area contributed by atoms with Gasteiger partial charge in [-0.1, -0.05) is 24.3 Å². The number of aliphatic carboxylic acids is 1. The number of nitrogens with zero attached hydrogens (tertiary/aromatic N) is 1. The summed E-state index contributed by atoms with van der Waals surface area (Å²) in [4.78, 5) is 23.5. The molecular formula is C19H18N2O4. The highest BCUT2D eigenvalue weighted by atomic mass is 16.5. The summed E-state index contributed by atoms with van der Waals surface area (Å²) in [6.07, 6.45) is 1.68. The number of hydrogen-bond acceptors (Lipinski definition) is 3. The second kappa shape index (κ2) is 6.68. The van der Waals surface area contributed by atoms with Crippen LogP contribution in [-0.2, 0) is 18.3 Å². The first-order valence-corrected chi connectivity index (χ1v) is 7.73. The first-order chi connectivity index (χ1) is 12.0. The molecule has 6 nitrogen and oxygen atoms in total. The number of fused-ring (bicyclic) bond motifs is 1. The van der Waals surface area contributed by atoms with E-state index < -0.39 is 5.97 Å². The number of amides is 1. The fraction of sp³-hybridized carbons (Fsp3) is 0.158. The molecule has 0 radical (unpaired) electrons. The molecule has 0 aliphatic heterocycles. The number of aryl methyl sites for hydroxylation is 1. The maximum absolute atomic E-state index is 12.7. The number of carbonyl (C=O) groups excluding carboxylic acids is 1. The molecule has 1 amide bonds. The molecule has 0 aliphatic rings. The lowest BCUT2D eigenvalue weighted by Gasteiger charge is -2.11. The van der Waals surface area contributed by atoms with Crippen molar-refractivity contribution in [1.82, 2.24) is 4.57 Å². The van der Waals surface area contributed by atoms with E-state index in [-0.39, 0.29) is 12.3 Å². The number of benzene rings is 2. The van der Waals surface area contributed by atoms with Crippen molar-refractivity contribution in [1.29, 1.82) is 0 Å². The Labute approximate surface area is 144 Å². The van der Waals surface area contributed by atoms with Crippen molar-refractivity contribution in [2.24, 2.45) is 7.05 Å². The van der Waals surface area contributed by atoms with Gasteiger partial charge >= 0.3 is 5.97 Å². The van der Waals surface area contributed by atoms with Gasteiger partial charge < -0.3 is 19.7 Å². The van der Waals surface area contributed by atoms with Crippen molar-refractivity contribution >= 4 is 28.5 Å². The molecule has 0 saturated heterocycles. The van der Waals surface area contributed by atoms with Crippen LogP contribution in [0.5, 0.6) is 5.75 Å². The molecule has 2 N–H and O–H groups in total. The maximum Gasteiger partial charge on any atom is 0.307 e. The van der Waals surface area contributed by atoms with Gasteiger partial charge in [0.1, 0.15) is 5.75 Å². The van der Waals surface area contributed by atoms with E-state index in [0.29, 0.717) is 22.6 Å². The lowest BCUT2D eigenvalue weighted by molar-refractivity contribution is -0.136. The first-order valence-electron chi connectivity index (χ1n) is 7.73. The van der Waals surface area contributed by atoms with Crippen LogP contribution in [0.25, 0.3) is 10.9 Å². The van der Waals surface area contributed by atoms with Gasteiger partial charge in [-0.05, 0) is 23.8 Å². The standard InChI is InChI=1S/C19H18N2O4/c1-21-11-14(13-5-3-4-6-16(13)21)19(24)20-15-8-7-12(10-18(22)23)9-17(15)25-2/h3-9,11H,10H2,1-2H3,(H,20,24)(H,22,23). The minimum absolute atomic E-state index is 0.103. The lowest BCUT2D eigenvalue weighted by Crippen LogP contribution is -2.12. The van der Waals surface area contributed by atoms with Crippen molar-refractivity contribution in [2.45, 2.75) is 6.42 Å². The van der Waals surface area contributed by atoms with Crippen LogP contribution in [-0.4, -0.2) is 28.7 Å². The minimum Gasteiger partial charge on any atom is -0.495 e. The van der Waals surface area contributed by atoms with Gasteiger partial charge in [0.2, 0.25) is 0 Å². The Balaban J connectivity index is 1.91. The summed E-state index contributed by atoms with van der Waals surface area (Å²) in [5, 5.41) is 12.6. The van der Waals surface area contributed by atoms with Gasteiger partial charge in [0.05, 0.1) is 24.8 Å². The second-order valence-corrected chi connectivity index (χ2v) is 5.73. The normalized spacial score (nSPS) is 10.6. The van der Waals surface area contributed by atoms with Crippen molar-refractivity contribution in [3.05, 3.63) is 59.8 Å². The monoisotopic (exact) mass is 338 g/mol. The van der Waals surface area contributed by atoms with Crippen LogP contribution in [0.2, 0.25) is 0 Å². The summed E-state index contributed by atoms with van der Waals surface area (Å²) in [7, 11) is 3.37. The van der Waals surface area contributed by atoms with E-state index in [1.165, 1.54) is 7.11 Å². The number of anilines is 1. The smallest absolute Gasteiger partial charge is 0.307 e. The van der Waals surface area contributed by atoms with Gasteiger partial charge in [-0.25, -0.2) is 0 Å². The number of aromatic nitrogens is 1. The van der Waals surface area contributed by atoms with Crippen LogP contribution < -0.4 is 10.1 Å². The van der Waals surface area contributed by atoms with Gasteiger partial charge in [0, 0.05) is 24.1 Å². The highest BCUT2D eigenvalue weighted by molar-refractivity contribution is 6.13. The number of hydrogen-bond donors (Lipinski definition) is 2. The Morgan fingerprint density at radius 1 is 1.20 bits per heavy atom. The average Bonchev–Trinajstić information content (AvgIpc) is 2.93. The molecule has 25 heavy (non-hydrogen) atoms. The summed E-state index contributed by atoms with van der Waals surface area (Å²) >= 11 is 0. The largest absolute Gasteiger partial charge is 0.495 e. The third-order valence-electron chi connectivity index (χ3n) is 4.01. The fourth-order valence-corrected chi connectivity index (χ4v) is 2.84. The van der Waals surface area contributed by atoms with Gasteiger partial charge in [-0.15, -0.1) is 0 Å². The summed E-state index contributed by atoms with van der Waals surface area (Å²) in [5.41, 5.74) is 2.63. The van der Waals surface area contributed by atoms with Crippen LogP contribution in [0.4, 0.5) is 5.69 Å². The molecule has 3 rings (SSSR count). The van der Waals surface area contributed by atoms with Gasteiger partial charge in [0.15, 0.2) is 0 Å². The van der Waals surface area contributed by atoms with E-state index in [2.05, 4.69) is 5.32 Å². The summed E-state index contributed by atoms with van der Waals surface area (Å²) in [6, 6.07) is 12.6. The number of para-hydroxylation sites is 1. The van der Waals surface area contributed by atoms with Crippen molar-refractivity contribution in [3.8, 4) is 5.75 Å². The van der Waals surface area contributed by atoms with E-state index in [4.69, 9.17) is 9.84 Å². The zero-order valence-electron chi connectivity index (χ0n) is 13.9. The van der Waals surface area contributed by atoms with E-state index in [1.54, 1.807) is 24.4 Å². The molecule has 0 spiro atoms. The number of ether oxygens (including phenoxy) is 1. The predicted molar refractivity (Wildman–Crippen MR) is 95.2 cm³/mol. The van der Waals surface area contributed by atoms with Crippen molar-refractivity contribution in [3.63, 3.8) is 0 Å². The van der Waals surface area contributed by atoms with E-state index in [0.717, 1.165) is 10.9 Å². The van der Waals surface area contributed by atoms with E-state index >= 15 is 0 Å². The Morgan fingerprint density at radius 3 is 2.68 bits per heavy atom. The molecule has 6 heteroatoms. The minimum atomic E-state index is -0.922. The number of carbonyl (C=O) groups is 2. The van der Waals surface area contributed by atoms with Crippen LogP contribution in [0.3, 0.4) is 0 Å². The third-order valence-corrected chi connectivity index (χ3v) is 4.01. The van der Waals surface area contributed by atoms with Gasteiger partial charge in [0.25, 0.3) is 5.91 Å². The van der Waals surface area contributed by atoms with Crippen LogP contribution in [0.1, 0.15) is 15.9 Å². The molecule has 3 aromatic rings. The quantitative estimate of drug-likeness (QED) is 0.749. The molecule has 2 aromatic carbocycles. The number of methoxy groups -OCH3 is 1.